The van der Waals surface area contributed by atoms with Crippen LogP contribution in [-0.4, -0.2) is 26.6 Å². The zero-order valence-electron chi connectivity index (χ0n) is 15.6. The normalized spacial score (nSPS) is 15.1. The molecular weight excluding hydrogens is 356 g/mol. The Morgan fingerprint density at radius 2 is 1.89 bits per heavy atom. The number of fused-ring (bicyclic) bond motifs is 1. The predicted octanol–water partition coefficient (Wildman–Crippen LogP) is 3.17. The van der Waals surface area contributed by atoms with Crippen LogP contribution in [0.5, 0.6) is 0 Å². The number of nitrogens with zero attached hydrogens (tertiary/aromatic N) is 1. The summed E-state index contributed by atoms with van der Waals surface area (Å²) in [5.74, 6) is 0.122. The van der Waals surface area contributed by atoms with Gasteiger partial charge in [0.25, 0.3) is 11.5 Å². The van der Waals surface area contributed by atoms with Crippen molar-refractivity contribution in [1.29, 1.82) is 0 Å². The summed E-state index contributed by atoms with van der Waals surface area (Å²) in [6.45, 7) is 3.97. The second-order valence-electron chi connectivity index (χ2n) is 7.81. The highest BCUT2D eigenvalue weighted by Gasteiger charge is 2.32. The van der Waals surface area contributed by atoms with Crippen LogP contribution in [-0.2, 0) is 6.42 Å². The maximum Gasteiger partial charge on any atom is 0.261 e. The SMILES string of the molecule is CC1(C)CC(=O)c2cc(C(=O)Nc3ccc(-c4ncc[nH]4)cc3)c(=O)[nH]c2C1. The summed E-state index contributed by atoms with van der Waals surface area (Å²) in [7, 11) is 0. The monoisotopic (exact) mass is 376 g/mol. The van der Waals surface area contributed by atoms with E-state index < -0.39 is 11.5 Å². The van der Waals surface area contributed by atoms with Crippen LogP contribution in [0.3, 0.4) is 0 Å². The number of hydrogen-bond donors (Lipinski definition) is 3. The Morgan fingerprint density at radius 1 is 1.14 bits per heavy atom. The van der Waals surface area contributed by atoms with E-state index in [4.69, 9.17) is 0 Å². The molecule has 4 rings (SSSR count). The number of aromatic amines is 2. The van der Waals surface area contributed by atoms with Gasteiger partial charge in [-0.3, -0.25) is 14.4 Å². The summed E-state index contributed by atoms with van der Waals surface area (Å²) >= 11 is 0. The number of imidazole rings is 1. The third-order valence-electron chi connectivity index (χ3n) is 4.88. The van der Waals surface area contributed by atoms with Crippen molar-refractivity contribution in [2.75, 3.05) is 5.32 Å². The lowest BCUT2D eigenvalue weighted by Gasteiger charge is -2.29. The molecule has 0 saturated carbocycles. The number of rotatable bonds is 3. The Morgan fingerprint density at radius 3 is 2.57 bits per heavy atom. The standard InChI is InChI=1S/C21H20N4O3/c1-21(2)10-16-14(17(26)11-21)9-15(20(28)25-16)19(27)24-13-5-3-12(4-6-13)18-22-7-8-23-18/h3-9H,10-11H2,1-2H3,(H,22,23)(H,24,27)(H,25,28). The lowest BCUT2D eigenvalue weighted by atomic mass is 9.75. The van der Waals surface area contributed by atoms with Gasteiger partial charge in [-0.2, -0.15) is 0 Å². The van der Waals surface area contributed by atoms with Crippen molar-refractivity contribution in [3.63, 3.8) is 0 Å². The molecule has 1 aliphatic rings. The van der Waals surface area contributed by atoms with Gasteiger partial charge >= 0.3 is 0 Å². The van der Waals surface area contributed by atoms with Gasteiger partial charge in [0.1, 0.15) is 11.4 Å². The highest BCUT2D eigenvalue weighted by molar-refractivity contribution is 6.06. The zero-order valence-corrected chi connectivity index (χ0v) is 15.6. The average molecular weight is 376 g/mol. The minimum absolute atomic E-state index is 0.0562. The van der Waals surface area contributed by atoms with Crippen LogP contribution in [0.2, 0.25) is 0 Å². The van der Waals surface area contributed by atoms with Crippen LogP contribution >= 0.6 is 0 Å². The molecule has 0 aliphatic heterocycles. The molecule has 2 aromatic heterocycles. The number of ketones is 1. The first-order chi connectivity index (χ1) is 13.3. The van der Waals surface area contributed by atoms with Crippen LogP contribution in [0.25, 0.3) is 11.4 Å². The summed E-state index contributed by atoms with van der Waals surface area (Å²) in [6.07, 6.45) is 4.38. The number of H-pyrrole nitrogens is 2. The molecule has 0 bridgehead atoms. The van der Waals surface area contributed by atoms with Gasteiger partial charge < -0.3 is 15.3 Å². The first-order valence-electron chi connectivity index (χ1n) is 9.03. The maximum atomic E-state index is 12.6. The molecule has 3 N–H and O–H groups in total. The van der Waals surface area contributed by atoms with Crippen LogP contribution in [0, 0.1) is 5.41 Å². The molecule has 0 spiro atoms. The molecular formula is C21H20N4O3. The van der Waals surface area contributed by atoms with Crippen molar-refractivity contribution in [2.45, 2.75) is 26.7 Å². The molecule has 0 saturated heterocycles. The minimum atomic E-state index is -0.549. The second-order valence-corrected chi connectivity index (χ2v) is 7.81. The highest BCUT2D eigenvalue weighted by Crippen LogP contribution is 2.33. The minimum Gasteiger partial charge on any atom is -0.345 e. The fourth-order valence-corrected chi connectivity index (χ4v) is 3.53. The van der Waals surface area contributed by atoms with Gasteiger partial charge in [-0.05, 0) is 42.2 Å². The number of carbonyl (C=O) groups excluding carboxylic acids is 2. The quantitative estimate of drug-likeness (QED) is 0.652. The third kappa shape index (κ3) is 3.38. The van der Waals surface area contributed by atoms with Crippen LogP contribution < -0.4 is 10.9 Å². The molecule has 28 heavy (non-hydrogen) atoms. The van der Waals surface area contributed by atoms with Crippen LogP contribution in [0.1, 0.15) is 46.7 Å². The van der Waals surface area contributed by atoms with Gasteiger partial charge in [-0.15, -0.1) is 0 Å². The molecule has 1 amide bonds. The Hall–Kier alpha value is -3.48. The topological polar surface area (TPSA) is 108 Å². The van der Waals surface area contributed by atoms with E-state index in [9.17, 15) is 14.4 Å². The number of hydrogen-bond acceptors (Lipinski definition) is 4. The van der Waals surface area contributed by atoms with Crippen LogP contribution in [0.15, 0.2) is 47.5 Å². The largest absolute Gasteiger partial charge is 0.345 e. The van der Waals surface area contributed by atoms with Crippen molar-refractivity contribution in [1.82, 2.24) is 15.0 Å². The average Bonchev–Trinajstić information content (AvgIpc) is 3.15. The fourth-order valence-electron chi connectivity index (χ4n) is 3.53. The zero-order chi connectivity index (χ0) is 19.9. The lowest BCUT2D eigenvalue weighted by molar-refractivity contribution is 0.0910. The molecule has 3 aromatic rings. The first kappa shape index (κ1) is 17.9. The Labute approximate surface area is 161 Å². The van der Waals surface area contributed by atoms with Crippen molar-refractivity contribution < 1.29 is 9.59 Å². The molecule has 0 fully saturated rings. The summed E-state index contributed by atoms with van der Waals surface area (Å²) in [5.41, 5.74) is 1.69. The van der Waals surface area contributed by atoms with Gasteiger partial charge in [-0.25, -0.2) is 4.98 Å². The number of benzene rings is 1. The maximum absolute atomic E-state index is 12.6. The Bertz CT molecular complexity index is 1110. The van der Waals surface area contributed by atoms with Crippen molar-refractivity contribution in [3.8, 4) is 11.4 Å². The van der Waals surface area contributed by atoms with Gasteiger partial charge in [-0.1, -0.05) is 13.8 Å². The van der Waals surface area contributed by atoms with E-state index in [1.165, 1.54) is 6.07 Å². The second kappa shape index (κ2) is 6.60. The van der Waals surface area contributed by atoms with Gasteiger partial charge in [0.15, 0.2) is 5.78 Å². The van der Waals surface area contributed by atoms with Gasteiger partial charge in [0.2, 0.25) is 0 Å². The lowest BCUT2D eigenvalue weighted by Crippen LogP contribution is -2.32. The van der Waals surface area contributed by atoms with Gasteiger partial charge in [0, 0.05) is 41.3 Å². The Kier molecular flexibility index (Phi) is 4.22. The first-order valence-corrected chi connectivity index (χ1v) is 9.03. The number of anilines is 1. The number of carbonyl (C=O) groups is 2. The fraction of sp³-hybridized carbons (Fsp3) is 0.238. The molecule has 0 radical (unpaired) electrons. The van der Waals surface area contributed by atoms with E-state index in [1.807, 2.05) is 26.0 Å². The van der Waals surface area contributed by atoms with E-state index in [0.717, 1.165) is 11.4 Å². The number of pyridine rings is 1. The molecule has 7 nitrogen and oxygen atoms in total. The van der Waals surface area contributed by atoms with Gasteiger partial charge in [0.05, 0.1) is 0 Å². The van der Waals surface area contributed by atoms with Crippen molar-refractivity contribution >= 4 is 17.4 Å². The predicted molar refractivity (Wildman–Crippen MR) is 105 cm³/mol. The molecule has 142 valence electrons. The molecule has 1 aliphatic carbocycles. The van der Waals surface area contributed by atoms with Crippen molar-refractivity contribution in [3.05, 3.63) is 69.9 Å². The smallest absolute Gasteiger partial charge is 0.261 e. The van der Waals surface area contributed by atoms with E-state index in [2.05, 4.69) is 20.3 Å². The number of amides is 1. The summed E-state index contributed by atoms with van der Waals surface area (Å²) in [5, 5.41) is 2.71. The third-order valence-corrected chi connectivity index (χ3v) is 4.88. The molecule has 2 heterocycles. The highest BCUT2D eigenvalue weighted by atomic mass is 16.2. The number of Topliss-reactive ketones (excluding diaryl/α,β-unsaturated/α-hetero) is 1. The summed E-state index contributed by atoms with van der Waals surface area (Å²) in [4.78, 5) is 47.4. The van der Waals surface area contributed by atoms with E-state index in [0.29, 0.717) is 29.8 Å². The van der Waals surface area contributed by atoms with Crippen molar-refractivity contribution in [2.24, 2.45) is 5.41 Å². The summed E-state index contributed by atoms with van der Waals surface area (Å²) < 4.78 is 0. The number of aromatic nitrogens is 3. The Balaban J connectivity index is 1.58. The summed E-state index contributed by atoms with van der Waals surface area (Å²) in [6, 6.07) is 8.51. The van der Waals surface area contributed by atoms with E-state index in [1.54, 1.807) is 24.5 Å². The van der Waals surface area contributed by atoms with E-state index >= 15 is 0 Å². The molecule has 0 unspecified atom stereocenters. The molecule has 0 atom stereocenters. The molecule has 1 aromatic carbocycles. The van der Waals surface area contributed by atoms with Crippen LogP contribution in [0.4, 0.5) is 5.69 Å². The molecule has 7 heteroatoms. The van der Waals surface area contributed by atoms with E-state index in [-0.39, 0.29) is 16.8 Å². The number of nitrogens with one attached hydrogen (secondary N) is 3.